The molecule has 2 aromatic rings. The summed E-state index contributed by atoms with van der Waals surface area (Å²) in [6.45, 7) is 8.30. The van der Waals surface area contributed by atoms with E-state index in [0.717, 1.165) is 24.2 Å². The van der Waals surface area contributed by atoms with Crippen LogP contribution in [0.1, 0.15) is 36.1 Å². The second kappa shape index (κ2) is 13.2. The molecule has 0 aliphatic rings. The van der Waals surface area contributed by atoms with Gasteiger partial charge in [0.15, 0.2) is 12.2 Å². The highest BCUT2D eigenvalue weighted by Crippen LogP contribution is 2.16. The zero-order chi connectivity index (χ0) is 23.4. The number of anilines is 2. The van der Waals surface area contributed by atoms with E-state index in [0.29, 0.717) is 0 Å². The Balaban J connectivity index is 0.000000420. The molecule has 0 fully saturated rings. The Kier molecular flexibility index (Phi) is 11.8. The zero-order valence-electron chi connectivity index (χ0n) is 17.8. The first-order valence-electron chi connectivity index (χ1n) is 9.47. The standard InChI is InChI=1S/2C9H13N.C4H6O6/c2*1-3-8-6-4-5-7(2)9(8)10;5-1(3(7)8)2(6)4(9)10/h2*4-6H,3,10H2,1-2H3;1-2,5-6H,(H,7,8)(H,9,10). The molecule has 0 aliphatic carbocycles. The Labute approximate surface area is 176 Å². The maximum absolute atomic E-state index is 9.77. The van der Waals surface area contributed by atoms with Crippen molar-refractivity contribution >= 4 is 23.3 Å². The summed E-state index contributed by atoms with van der Waals surface area (Å²) < 4.78 is 0. The molecule has 8 nitrogen and oxygen atoms in total. The SMILES string of the molecule is CCc1cccc(C)c1N.CCc1cccc(C)c1N.O=C(O)C(O)C(O)C(=O)O. The van der Waals surface area contributed by atoms with E-state index >= 15 is 0 Å². The summed E-state index contributed by atoms with van der Waals surface area (Å²) in [5, 5.41) is 32.5. The molecule has 0 spiro atoms. The number of aliphatic carboxylic acids is 2. The molecule has 2 aromatic carbocycles. The van der Waals surface area contributed by atoms with Crippen molar-refractivity contribution in [2.45, 2.75) is 52.7 Å². The van der Waals surface area contributed by atoms with Crippen LogP contribution in [-0.2, 0) is 22.4 Å². The van der Waals surface area contributed by atoms with E-state index < -0.39 is 24.1 Å². The number of aryl methyl sites for hydroxylation is 4. The molecule has 0 aromatic heterocycles. The van der Waals surface area contributed by atoms with E-state index in [1.165, 1.54) is 22.3 Å². The van der Waals surface area contributed by atoms with Crippen molar-refractivity contribution in [3.8, 4) is 0 Å². The van der Waals surface area contributed by atoms with Gasteiger partial charge in [-0.1, -0.05) is 50.2 Å². The molecule has 2 unspecified atom stereocenters. The first kappa shape index (κ1) is 26.9. The molecule has 0 amide bonds. The Bertz CT molecular complexity index is 769. The van der Waals surface area contributed by atoms with Gasteiger partial charge in [-0.05, 0) is 48.9 Å². The molecule has 2 rings (SSSR count). The van der Waals surface area contributed by atoms with E-state index in [2.05, 4.69) is 26.0 Å². The van der Waals surface area contributed by atoms with Crippen molar-refractivity contribution in [3.63, 3.8) is 0 Å². The van der Waals surface area contributed by atoms with Gasteiger partial charge in [-0.25, -0.2) is 9.59 Å². The first-order valence-corrected chi connectivity index (χ1v) is 9.47. The molecule has 0 saturated heterocycles. The fourth-order valence-corrected chi connectivity index (χ4v) is 2.37. The quantitative estimate of drug-likeness (QED) is 0.400. The molecule has 0 heterocycles. The average molecular weight is 421 g/mol. The minimum Gasteiger partial charge on any atom is -0.479 e. The van der Waals surface area contributed by atoms with Gasteiger partial charge in [0.1, 0.15) is 0 Å². The van der Waals surface area contributed by atoms with E-state index in [4.69, 9.17) is 31.9 Å². The Morgan fingerprint density at radius 2 is 1.07 bits per heavy atom. The maximum atomic E-state index is 9.77. The summed E-state index contributed by atoms with van der Waals surface area (Å²) in [5.74, 6) is -3.54. The Morgan fingerprint density at radius 3 is 1.27 bits per heavy atom. The lowest BCUT2D eigenvalue weighted by Gasteiger charge is -2.07. The Hall–Kier alpha value is -3.10. The number of aliphatic hydroxyl groups excluding tert-OH is 2. The van der Waals surface area contributed by atoms with Crippen molar-refractivity contribution in [1.82, 2.24) is 0 Å². The highest BCUT2D eigenvalue weighted by atomic mass is 16.4. The second-order valence-electron chi connectivity index (χ2n) is 6.57. The van der Waals surface area contributed by atoms with Gasteiger partial charge in [0.25, 0.3) is 0 Å². The molecule has 8 N–H and O–H groups in total. The van der Waals surface area contributed by atoms with Crippen molar-refractivity contribution in [3.05, 3.63) is 58.7 Å². The van der Waals surface area contributed by atoms with Gasteiger partial charge in [0.2, 0.25) is 0 Å². The predicted octanol–water partition coefficient (Wildman–Crippen LogP) is 2.16. The maximum Gasteiger partial charge on any atom is 0.335 e. The monoisotopic (exact) mass is 420 g/mol. The highest BCUT2D eigenvalue weighted by molar-refractivity contribution is 5.83. The third-order valence-electron chi connectivity index (χ3n) is 4.40. The number of aliphatic hydroxyl groups is 2. The lowest BCUT2D eigenvalue weighted by molar-refractivity contribution is -0.165. The number of benzene rings is 2. The lowest BCUT2D eigenvalue weighted by atomic mass is 10.1. The van der Waals surface area contributed by atoms with Crippen molar-refractivity contribution < 1.29 is 30.0 Å². The van der Waals surface area contributed by atoms with Crippen molar-refractivity contribution in [2.24, 2.45) is 0 Å². The largest absolute Gasteiger partial charge is 0.479 e. The van der Waals surface area contributed by atoms with Crippen LogP contribution in [0.2, 0.25) is 0 Å². The normalized spacial score (nSPS) is 11.8. The minimum atomic E-state index is -2.27. The smallest absolute Gasteiger partial charge is 0.335 e. The summed E-state index contributed by atoms with van der Waals surface area (Å²) in [5.41, 5.74) is 18.3. The van der Waals surface area contributed by atoms with Crippen LogP contribution in [0.4, 0.5) is 11.4 Å². The van der Waals surface area contributed by atoms with Crippen molar-refractivity contribution in [2.75, 3.05) is 11.5 Å². The van der Waals surface area contributed by atoms with E-state index in [1.54, 1.807) is 0 Å². The highest BCUT2D eigenvalue weighted by Gasteiger charge is 2.29. The van der Waals surface area contributed by atoms with E-state index in [-0.39, 0.29) is 0 Å². The van der Waals surface area contributed by atoms with Gasteiger partial charge in [-0.3, -0.25) is 0 Å². The van der Waals surface area contributed by atoms with Crippen LogP contribution in [0.15, 0.2) is 36.4 Å². The third kappa shape index (κ3) is 8.50. The number of hydrogen-bond acceptors (Lipinski definition) is 6. The zero-order valence-corrected chi connectivity index (χ0v) is 17.8. The number of hydrogen-bond donors (Lipinski definition) is 6. The number of para-hydroxylation sites is 2. The van der Waals surface area contributed by atoms with E-state index in [9.17, 15) is 9.59 Å². The second-order valence-corrected chi connectivity index (χ2v) is 6.57. The number of carboxylic acids is 2. The molecule has 166 valence electrons. The molecular formula is C22H32N2O6. The number of carboxylic acid groups (broad SMARTS) is 2. The topological polar surface area (TPSA) is 167 Å². The van der Waals surface area contributed by atoms with Gasteiger partial charge in [0.05, 0.1) is 0 Å². The van der Waals surface area contributed by atoms with Gasteiger partial charge >= 0.3 is 11.9 Å². The third-order valence-corrected chi connectivity index (χ3v) is 4.40. The van der Waals surface area contributed by atoms with Crippen LogP contribution >= 0.6 is 0 Å². The molecule has 0 radical (unpaired) electrons. The van der Waals surface area contributed by atoms with Crippen molar-refractivity contribution in [1.29, 1.82) is 0 Å². The molecule has 2 atom stereocenters. The van der Waals surface area contributed by atoms with Gasteiger partial charge in [0, 0.05) is 11.4 Å². The fraction of sp³-hybridized carbons (Fsp3) is 0.364. The summed E-state index contributed by atoms with van der Waals surface area (Å²) >= 11 is 0. The number of rotatable bonds is 5. The van der Waals surface area contributed by atoms with Crippen LogP contribution in [0.25, 0.3) is 0 Å². The van der Waals surface area contributed by atoms with Crippen LogP contribution in [0, 0.1) is 13.8 Å². The minimum absolute atomic E-state index is 0.949. The number of nitrogens with two attached hydrogens (primary N) is 2. The summed E-state index contributed by atoms with van der Waals surface area (Å²) in [6, 6.07) is 12.3. The van der Waals surface area contributed by atoms with Gasteiger partial charge in [-0.2, -0.15) is 0 Å². The average Bonchev–Trinajstić information content (AvgIpc) is 2.71. The molecule has 0 saturated carbocycles. The van der Waals surface area contributed by atoms with Crippen LogP contribution in [0.5, 0.6) is 0 Å². The number of carbonyl (C=O) groups is 2. The summed E-state index contributed by atoms with van der Waals surface area (Å²) in [4.78, 5) is 19.5. The molecule has 0 aliphatic heterocycles. The van der Waals surface area contributed by atoms with Crippen LogP contribution in [-0.4, -0.2) is 44.6 Å². The van der Waals surface area contributed by atoms with Gasteiger partial charge in [-0.15, -0.1) is 0 Å². The summed E-state index contributed by atoms with van der Waals surface area (Å²) in [7, 11) is 0. The molecular weight excluding hydrogens is 388 g/mol. The number of nitrogen functional groups attached to an aromatic ring is 2. The van der Waals surface area contributed by atoms with Crippen LogP contribution in [0.3, 0.4) is 0 Å². The predicted molar refractivity (Wildman–Crippen MR) is 117 cm³/mol. The van der Waals surface area contributed by atoms with Crippen LogP contribution < -0.4 is 11.5 Å². The summed E-state index contributed by atoms with van der Waals surface area (Å²) in [6.07, 6.45) is -2.49. The lowest BCUT2D eigenvalue weighted by Crippen LogP contribution is -2.39. The molecule has 0 bridgehead atoms. The molecule has 8 heteroatoms. The van der Waals surface area contributed by atoms with E-state index in [1.807, 2.05) is 38.1 Å². The Morgan fingerprint density at radius 1 is 0.767 bits per heavy atom. The first-order chi connectivity index (χ1) is 14.0. The van der Waals surface area contributed by atoms with Gasteiger partial charge < -0.3 is 31.9 Å². The fourth-order valence-electron chi connectivity index (χ4n) is 2.37. The molecule has 30 heavy (non-hydrogen) atoms.